The summed E-state index contributed by atoms with van der Waals surface area (Å²) in [7, 11) is 1.76. The first-order valence-corrected chi connectivity index (χ1v) is 10.3. The van der Waals surface area contributed by atoms with E-state index in [-0.39, 0.29) is 23.3 Å². The fraction of sp³-hybridized carbons (Fsp3) is 0.318. The topological polar surface area (TPSA) is 119 Å². The molecule has 9 nitrogen and oxygen atoms in total. The summed E-state index contributed by atoms with van der Waals surface area (Å²) < 4.78 is 1.85. The minimum atomic E-state index is -0.0520. The highest BCUT2D eigenvalue weighted by Crippen LogP contribution is 2.37. The molecule has 3 aromatic rings. The summed E-state index contributed by atoms with van der Waals surface area (Å²) in [4.78, 5) is 40.5. The molecule has 5 rings (SSSR count). The number of nitrogens with two attached hydrogens (primary N) is 1. The fourth-order valence-corrected chi connectivity index (χ4v) is 4.75. The maximum atomic E-state index is 13.3. The Bertz CT molecular complexity index is 1220. The van der Waals surface area contributed by atoms with Crippen LogP contribution in [-0.4, -0.2) is 50.5 Å². The monoisotopic (exact) mass is 417 g/mol. The third-order valence-corrected chi connectivity index (χ3v) is 6.10. The third-order valence-electron chi connectivity index (χ3n) is 6.10. The first-order chi connectivity index (χ1) is 15.0. The van der Waals surface area contributed by atoms with Crippen LogP contribution in [0.2, 0.25) is 0 Å². The Morgan fingerprint density at radius 2 is 2.03 bits per heavy atom. The van der Waals surface area contributed by atoms with Crippen molar-refractivity contribution in [2.24, 2.45) is 5.92 Å². The standard InChI is InChI=1S/C22H23N7O2/c1-24-21-16(3-2-4-25-21)22(31)28-9-13-5-15(11-28)18-6-14(7-20(30)29(18)10-13)17-8-19(23)27-12-26-17/h2-4,6-8,12-13,15H,5,9-11H2,1H3,(H,24,25)(H2,23,26,27)/t13-,15+/m0/s1. The maximum Gasteiger partial charge on any atom is 0.257 e. The van der Waals surface area contributed by atoms with Crippen molar-refractivity contribution in [3.63, 3.8) is 0 Å². The van der Waals surface area contributed by atoms with Crippen LogP contribution in [0.3, 0.4) is 0 Å². The van der Waals surface area contributed by atoms with Crippen LogP contribution in [0, 0.1) is 5.92 Å². The Labute approximate surface area is 179 Å². The molecule has 1 fully saturated rings. The van der Waals surface area contributed by atoms with E-state index in [0.717, 1.165) is 17.7 Å². The number of pyridine rings is 2. The number of anilines is 2. The van der Waals surface area contributed by atoms with Gasteiger partial charge in [-0.2, -0.15) is 0 Å². The number of rotatable bonds is 3. The number of aromatic nitrogens is 4. The average Bonchev–Trinajstić information content (AvgIpc) is 2.79. The lowest BCUT2D eigenvalue weighted by Gasteiger charge is -2.43. The van der Waals surface area contributed by atoms with Crippen LogP contribution in [0.4, 0.5) is 11.6 Å². The van der Waals surface area contributed by atoms with Gasteiger partial charge in [-0.05, 0) is 30.5 Å². The molecule has 0 spiro atoms. The van der Waals surface area contributed by atoms with Gasteiger partial charge < -0.3 is 20.5 Å². The SMILES string of the molecule is CNc1ncccc1C(=O)N1C[C@@H]2C[C@H](C1)c1cc(-c3cc(N)ncn3)cc(=O)n1C2. The normalized spacial score (nSPS) is 19.6. The lowest BCUT2D eigenvalue weighted by atomic mass is 9.82. The molecule has 9 heteroatoms. The van der Waals surface area contributed by atoms with Crippen molar-refractivity contribution < 1.29 is 4.79 Å². The highest BCUT2D eigenvalue weighted by atomic mass is 16.2. The Morgan fingerprint density at radius 1 is 1.16 bits per heavy atom. The molecule has 0 aliphatic carbocycles. The number of piperidine rings is 1. The van der Waals surface area contributed by atoms with Gasteiger partial charge in [-0.15, -0.1) is 0 Å². The van der Waals surface area contributed by atoms with E-state index in [0.29, 0.717) is 42.5 Å². The van der Waals surface area contributed by atoms with Crippen molar-refractivity contribution in [2.75, 3.05) is 31.2 Å². The molecular formula is C22H23N7O2. The van der Waals surface area contributed by atoms with Crippen LogP contribution in [0.25, 0.3) is 11.3 Å². The van der Waals surface area contributed by atoms with E-state index in [1.54, 1.807) is 37.5 Å². The number of carbonyl (C=O) groups is 1. The zero-order valence-corrected chi connectivity index (χ0v) is 17.2. The van der Waals surface area contributed by atoms with Crippen molar-refractivity contribution >= 4 is 17.5 Å². The van der Waals surface area contributed by atoms with E-state index in [2.05, 4.69) is 20.3 Å². The predicted molar refractivity (Wildman–Crippen MR) is 117 cm³/mol. The van der Waals surface area contributed by atoms with Gasteiger partial charge in [-0.1, -0.05) is 0 Å². The number of nitrogens with zero attached hydrogens (tertiary/aromatic N) is 5. The maximum absolute atomic E-state index is 13.3. The summed E-state index contributed by atoms with van der Waals surface area (Å²) in [5.41, 5.74) is 8.58. The summed E-state index contributed by atoms with van der Waals surface area (Å²) in [6, 6.07) is 8.83. The number of hydrogen-bond donors (Lipinski definition) is 2. The summed E-state index contributed by atoms with van der Waals surface area (Å²) in [5, 5.41) is 2.99. The molecule has 2 aliphatic rings. The molecule has 1 amide bonds. The number of nitrogen functional groups attached to an aromatic ring is 1. The second kappa shape index (κ2) is 7.50. The zero-order valence-electron chi connectivity index (χ0n) is 17.2. The number of fused-ring (bicyclic) bond motifs is 4. The zero-order chi connectivity index (χ0) is 21.5. The summed E-state index contributed by atoms with van der Waals surface area (Å²) >= 11 is 0. The van der Waals surface area contributed by atoms with Gasteiger partial charge in [0.25, 0.3) is 11.5 Å². The Morgan fingerprint density at radius 3 is 2.84 bits per heavy atom. The highest BCUT2D eigenvalue weighted by Gasteiger charge is 2.37. The molecule has 31 heavy (non-hydrogen) atoms. The fourth-order valence-electron chi connectivity index (χ4n) is 4.75. The van der Waals surface area contributed by atoms with Gasteiger partial charge in [0.2, 0.25) is 0 Å². The van der Waals surface area contributed by atoms with E-state index in [1.807, 2.05) is 15.5 Å². The van der Waals surface area contributed by atoms with Crippen molar-refractivity contribution in [3.05, 3.63) is 64.5 Å². The largest absolute Gasteiger partial charge is 0.384 e. The molecule has 0 aromatic carbocycles. The molecule has 3 N–H and O–H groups in total. The molecule has 2 aliphatic heterocycles. The average molecular weight is 417 g/mol. The van der Waals surface area contributed by atoms with E-state index in [4.69, 9.17) is 5.73 Å². The molecule has 0 unspecified atom stereocenters. The number of hydrogen-bond acceptors (Lipinski definition) is 7. The number of nitrogens with one attached hydrogen (secondary N) is 1. The van der Waals surface area contributed by atoms with Gasteiger partial charge in [0.05, 0.1) is 11.3 Å². The van der Waals surface area contributed by atoms with Crippen LogP contribution in [0.1, 0.15) is 28.4 Å². The summed E-state index contributed by atoms with van der Waals surface area (Å²) in [6.07, 6.45) is 4.01. The van der Waals surface area contributed by atoms with E-state index >= 15 is 0 Å². The van der Waals surface area contributed by atoms with Crippen molar-refractivity contribution in [2.45, 2.75) is 18.9 Å². The van der Waals surface area contributed by atoms with Gasteiger partial charge in [-0.25, -0.2) is 15.0 Å². The molecule has 0 radical (unpaired) electrons. The minimum absolute atomic E-state index is 0.0392. The third kappa shape index (κ3) is 3.41. The molecule has 0 saturated carbocycles. The highest BCUT2D eigenvalue weighted by molar-refractivity contribution is 5.98. The van der Waals surface area contributed by atoms with Crippen LogP contribution < -0.4 is 16.6 Å². The van der Waals surface area contributed by atoms with E-state index in [1.165, 1.54) is 6.33 Å². The van der Waals surface area contributed by atoms with Crippen molar-refractivity contribution in [1.29, 1.82) is 0 Å². The van der Waals surface area contributed by atoms with Crippen LogP contribution in [0.5, 0.6) is 0 Å². The number of amides is 1. The van der Waals surface area contributed by atoms with Crippen LogP contribution in [-0.2, 0) is 6.54 Å². The smallest absolute Gasteiger partial charge is 0.257 e. The number of likely N-dealkylation sites (tertiary alicyclic amines) is 1. The molecule has 5 heterocycles. The Balaban J connectivity index is 1.49. The Kier molecular flexibility index (Phi) is 4.65. The van der Waals surface area contributed by atoms with E-state index < -0.39 is 0 Å². The van der Waals surface area contributed by atoms with Crippen molar-refractivity contribution in [1.82, 2.24) is 24.4 Å². The number of carbonyl (C=O) groups excluding carboxylic acids is 1. The van der Waals surface area contributed by atoms with Gasteiger partial charge >= 0.3 is 0 Å². The first-order valence-electron chi connectivity index (χ1n) is 10.3. The molecule has 1 saturated heterocycles. The minimum Gasteiger partial charge on any atom is -0.384 e. The molecular weight excluding hydrogens is 394 g/mol. The second-order valence-corrected chi connectivity index (χ2v) is 8.10. The Hall–Kier alpha value is -3.75. The molecule has 2 atom stereocenters. The van der Waals surface area contributed by atoms with Crippen LogP contribution in [0.15, 0.2) is 47.7 Å². The van der Waals surface area contributed by atoms with Gasteiger partial charge in [0.15, 0.2) is 0 Å². The van der Waals surface area contributed by atoms with Crippen LogP contribution >= 0.6 is 0 Å². The molecule has 2 bridgehead atoms. The summed E-state index contributed by atoms with van der Waals surface area (Å²) in [5.74, 6) is 1.21. The lowest BCUT2D eigenvalue weighted by molar-refractivity contribution is 0.0595. The second-order valence-electron chi connectivity index (χ2n) is 8.10. The lowest BCUT2D eigenvalue weighted by Crippen LogP contribution is -2.49. The van der Waals surface area contributed by atoms with Gasteiger partial charge in [0, 0.05) is 62.2 Å². The van der Waals surface area contributed by atoms with E-state index in [9.17, 15) is 9.59 Å². The quantitative estimate of drug-likeness (QED) is 0.664. The predicted octanol–water partition coefficient (Wildman–Crippen LogP) is 1.58. The molecule has 158 valence electrons. The van der Waals surface area contributed by atoms with Gasteiger partial charge in [0.1, 0.15) is 18.0 Å². The first kappa shape index (κ1) is 19.2. The van der Waals surface area contributed by atoms with Gasteiger partial charge in [-0.3, -0.25) is 9.59 Å². The molecule has 3 aromatic heterocycles. The summed E-state index contributed by atoms with van der Waals surface area (Å²) in [6.45, 7) is 1.79. The van der Waals surface area contributed by atoms with Crippen molar-refractivity contribution in [3.8, 4) is 11.3 Å².